The van der Waals surface area contributed by atoms with Crippen molar-refractivity contribution in [2.75, 3.05) is 24.7 Å². The molecule has 6 aromatic carbocycles. The van der Waals surface area contributed by atoms with Gasteiger partial charge in [-0.05, 0) is 58.5 Å². The summed E-state index contributed by atoms with van der Waals surface area (Å²) in [5, 5.41) is 26.9. The summed E-state index contributed by atoms with van der Waals surface area (Å²) in [7, 11) is 0. The van der Waals surface area contributed by atoms with E-state index in [1.54, 1.807) is 72.8 Å². The van der Waals surface area contributed by atoms with E-state index in [1.165, 1.54) is 0 Å². The Morgan fingerprint density at radius 2 is 1.30 bits per heavy atom. The summed E-state index contributed by atoms with van der Waals surface area (Å²) in [4.78, 5) is 64.8. The minimum atomic E-state index is -1.94. The van der Waals surface area contributed by atoms with E-state index in [1.807, 2.05) is 109 Å². The normalized spacial score (nSPS) is 23.4. The van der Waals surface area contributed by atoms with E-state index in [0.29, 0.717) is 28.0 Å². The smallest absolute Gasteiger partial charge is 0.329 e. The van der Waals surface area contributed by atoms with Gasteiger partial charge in [-0.3, -0.25) is 19.3 Å². The first kappa shape index (κ1) is 42.2. The molecule has 324 valence electrons. The number of carbonyl (C=O) groups is 4. The van der Waals surface area contributed by atoms with Crippen LogP contribution >= 0.6 is 0 Å². The van der Waals surface area contributed by atoms with Crippen LogP contribution in [-0.4, -0.2) is 64.7 Å². The van der Waals surface area contributed by atoms with E-state index in [0.717, 1.165) is 16.0 Å². The molecule has 8 unspecified atom stereocenters. The number of para-hydroxylation sites is 1. The molecule has 0 radical (unpaired) electrons. The molecular weight excluding hydrogens is 809 g/mol. The van der Waals surface area contributed by atoms with Crippen molar-refractivity contribution in [3.05, 3.63) is 203 Å². The number of fused-ring (bicyclic) bond motifs is 3. The first-order chi connectivity index (χ1) is 31.2. The van der Waals surface area contributed by atoms with Crippen molar-refractivity contribution >= 4 is 29.5 Å². The second-order valence-corrected chi connectivity index (χ2v) is 16.3. The summed E-state index contributed by atoms with van der Waals surface area (Å²) >= 11 is 0. The number of nitrogens with zero attached hydrogens (tertiary/aromatic N) is 2. The number of cyclic esters (lactones) is 1. The van der Waals surface area contributed by atoms with E-state index in [9.17, 15) is 15.0 Å². The van der Waals surface area contributed by atoms with Crippen LogP contribution in [0.3, 0.4) is 0 Å². The fourth-order valence-electron chi connectivity index (χ4n) is 9.95. The molecular formula is C52H48N4O8. The van der Waals surface area contributed by atoms with Crippen LogP contribution in [0.2, 0.25) is 0 Å². The van der Waals surface area contributed by atoms with Crippen molar-refractivity contribution in [3.63, 3.8) is 0 Å². The van der Waals surface area contributed by atoms with Gasteiger partial charge in [0.2, 0.25) is 11.8 Å². The largest absolute Gasteiger partial charge is 0.491 e. The van der Waals surface area contributed by atoms with Crippen molar-refractivity contribution in [1.29, 1.82) is 0 Å². The van der Waals surface area contributed by atoms with Crippen LogP contribution in [0.25, 0.3) is 0 Å². The average Bonchev–Trinajstić information content (AvgIpc) is 3.80. The van der Waals surface area contributed by atoms with Gasteiger partial charge in [0, 0.05) is 6.54 Å². The Morgan fingerprint density at radius 1 is 0.719 bits per heavy atom. The summed E-state index contributed by atoms with van der Waals surface area (Å²) in [6, 6.07) is 46.7. The lowest BCUT2D eigenvalue weighted by Gasteiger charge is -2.46. The van der Waals surface area contributed by atoms with Crippen LogP contribution in [0.5, 0.6) is 5.75 Å². The lowest BCUT2D eigenvalue weighted by molar-refractivity contribution is -0.178. The Kier molecular flexibility index (Phi) is 11.8. The van der Waals surface area contributed by atoms with Gasteiger partial charge in [-0.25, -0.2) is 9.69 Å². The van der Waals surface area contributed by atoms with Gasteiger partial charge in [0.1, 0.15) is 29.9 Å². The monoisotopic (exact) mass is 856 g/mol. The molecule has 3 aliphatic heterocycles. The molecule has 6 aromatic rings. The first-order valence-electron chi connectivity index (χ1n) is 21.5. The number of hydrogen-bond donors (Lipinski definition) is 4. The molecule has 0 bridgehead atoms. The molecule has 3 heterocycles. The number of amides is 4. The Balaban J connectivity index is 1.27. The molecule has 64 heavy (non-hydrogen) atoms. The number of esters is 1. The number of anilines is 1. The van der Waals surface area contributed by atoms with Gasteiger partial charge in [-0.15, -0.1) is 0 Å². The Hall–Kier alpha value is -7.12. The lowest BCUT2D eigenvalue weighted by atomic mass is 9.65. The molecule has 2 fully saturated rings. The van der Waals surface area contributed by atoms with Crippen molar-refractivity contribution in [1.82, 2.24) is 15.5 Å². The summed E-state index contributed by atoms with van der Waals surface area (Å²) in [6.07, 6.45) is -2.01. The molecule has 2 saturated heterocycles. The molecule has 12 nitrogen and oxygen atoms in total. The number of benzene rings is 6. The maximum absolute atomic E-state index is 16.3. The number of urea groups is 1. The quantitative estimate of drug-likeness (QED) is 0.0948. The predicted molar refractivity (Wildman–Crippen MR) is 239 cm³/mol. The summed E-state index contributed by atoms with van der Waals surface area (Å²) in [5.41, 5.74) is 2.12. The zero-order chi connectivity index (χ0) is 44.4. The molecule has 4 amide bonds. The number of morpholine rings is 1. The summed E-state index contributed by atoms with van der Waals surface area (Å²) < 4.78 is 12.3. The molecule has 9 rings (SSSR count). The van der Waals surface area contributed by atoms with Crippen molar-refractivity contribution in [2.45, 2.75) is 48.7 Å². The van der Waals surface area contributed by atoms with Crippen LogP contribution in [0, 0.1) is 5.92 Å². The standard InChI is InChI=1S/C52H48N4O8/c1-33(34-16-6-2-7-17-34)54-51(62)55-41-25-15-14-24-40(41)52(50(55)61)43(48(59)53-32-42(58)35-18-8-3-9-19-35)45-49(60)64-46(37-22-12-5-13-23-37)44(36-20-10-4-11-21-36)56(45)47(52)38-26-28-39(29-27-38)63-31-30-57/h2-29,33,42-47,57-58H,30-32H2,1H3,(H,53,59)(H,54,62). The van der Waals surface area contributed by atoms with Crippen LogP contribution in [0.1, 0.15) is 70.6 Å². The lowest BCUT2D eigenvalue weighted by Crippen LogP contribution is -2.56. The van der Waals surface area contributed by atoms with Crippen LogP contribution in [0.15, 0.2) is 170 Å². The van der Waals surface area contributed by atoms with Crippen LogP contribution in [-0.2, 0) is 24.5 Å². The molecule has 0 aliphatic carbocycles. The van der Waals surface area contributed by atoms with Crippen molar-refractivity contribution < 1.29 is 38.9 Å². The van der Waals surface area contributed by atoms with Gasteiger partial charge in [0.15, 0.2) is 0 Å². The summed E-state index contributed by atoms with van der Waals surface area (Å²) in [5.74, 6) is -3.15. The number of carbonyl (C=O) groups excluding carboxylic acids is 4. The van der Waals surface area contributed by atoms with Crippen LogP contribution in [0.4, 0.5) is 10.5 Å². The molecule has 1 spiro atoms. The third-order valence-corrected chi connectivity index (χ3v) is 12.7. The van der Waals surface area contributed by atoms with Gasteiger partial charge in [0.05, 0.1) is 42.4 Å². The van der Waals surface area contributed by atoms with Crippen LogP contribution < -0.4 is 20.3 Å². The van der Waals surface area contributed by atoms with Crippen molar-refractivity contribution in [3.8, 4) is 5.75 Å². The number of rotatable bonds is 12. The summed E-state index contributed by atoms with van der Waals surface area (Å²) in [6.45, 7) is 1.44. The van der Waals surface area contributed by atoms with Gasteiger partial charge in [-0.1, -0.05) is 152 Å². The van der Waals surface area contributed by atoms with E-state index < -0.39 is 71.5 Å². The first-order valence-corrected chi connectivity index (χ1v) is 21.5. The third kappa shape index (κ3) is 7.38. The Labute approximate surface area is 371 Å². The Bertz CT molecular complexity index is 2620. The zero-order valence-electron chi connectivity index (χ0n) is 35.1. The van der Waals surface area contributed by atoms with Gasteiger partial charge < -0.3 is 30.3 Å². The maximum atomic E-state index is 16.3. The molecule has 3 aliphatic rings. The SMILES string of the molecule is CC(NC(=O)N1C(=O)C2(c3ccccc31)C(C(=O)NCC(O)c1ccccc1)C1C(=O)OC(c3ccccc3)C(c3ccccc3)N1C2c1ccc(OCCO)cc1)c1ccccc1. The number of ether oxygens (including phenoxy) is 2. The minimum absolute atomic E-state index is 0.0516. The molecule has 0 saturated carbocycles. The van der Waals surface area contributed by atoms with Crippen molar-refractivity contribution in [2.24, 2.45) is 5.92 Å². The van der Waals surface area contributed by atoms with E-state index in [2.05, 4.69) is 10.6 Å². The van der Waals surface area contributed by atoms with Gasteiger partial charge >= 0.3 is 12.0 Å². The van der Waals surface area contributed by atoms with E-state index in [-0.39, 0.29) is 25.4 Å². The number of nitrogens with one attached hydrogen (secondary N) is 2. The molecule has 12 heteroatoms. The third-order valence-electron chi connectivity index (χ3n) is 12.7. The van der Waals surface area contributed by atoms with E-state index in [4.69, 9.17) is 9.47 Å². The Morgan fingerprint density at radius 3 is 1.94 bits per heavy atom. The zero-order valence-corrected chi connectivity index (χ0v) is 35.1. The van der Waals surface area contributed by atoms with Gasteiger partial charge in [0.25, 0.3) is 0 Å². The highest BCUT2D eigenvalue weighted by atomic mass is 16.6. The highest BCUT2D eigenvalue weighted by Crippen LogP contribution is 2.65. The molecule has 0 aromatic heterocycles. The minimum Gasteiger partial charge on any atom is -0.491 e. The second-order valence-electron chi connectivity index (χ2n) is 16.3. The average molecular weight is 857 g/mol. The molecule has 8 atom stereocenters. The maximum Gasteiger partial charge on any atom is 0.329 e. The second kappa shape index (κ2) is 17.9. The van der Waals surface area contributed by atoms with E-state index >= 15 is 14.4 Å². The predicted octanol–water partition coefficient (Wildman–Crippen LogP) is 7.04. The number of aliphatic hydroxyl groups is 2. The fourth-order valence-corrected chi connectivity index (χ4v) is 9.95. The fraction of sp³-hybridized carbons (Fsp3) is 0.231. The highest BCUT2D eigenvalue weighted by molar-refractivity contribution is 6.24. The highest BCUT2D eigenvalue weighted by Gasteiger charge is 2.75. The number of aliphatic hydroxyl groups excluding tert-OH is 2. The number of imide groups is 1. The van der Waals surface area contributed by atoms with Gasteiger partial charge in [-0.2, -0.15) is 0 Å². The topological polar surface area (TPSA) is 158 Å². The molecule has 4 N–H and O–H groups in total. The number of hydrogen-bond acceptors (Lipinski definition) is 9.